The normalized spacial score (nSPS) is 11.6. The standard InChI is InChI=1S/C19H16N2O4S2/c22-18(12-14-6-2-1-3-7-14)21-20-13-15-8-4-5-9-16(15)17-10-11-26-19(17)27(23,24)25/h1-11,13H,12H2,(H,21,22)(H,23,24,25). The molecule has 0 saturated carbocycles. The second kappa shape index (κ2) is 8.26. The smallest absolute Gasteiger partial charge is 0.281 e. The van der Waals surface area contributed by atoms with Gasteiger partial charge in [0.25, 0.3) is 0 Å². The molecule has 0 unspecified atom stereocenters. The maximum atomic E-state index is 12.0. The maximum Gasteiger partial charge on any atom is 0.304 e. The number of hydrazone groups is 1. The first kappa shape index (κ1) is 19.0. The van der Waals surface area contributed by atoms with Gasteiger partial charge in [-0.1, -0.05) is 54.6 Å². The van der Waals surface area contributed by atoms with Crippen molar-refractivity contribution >= 4 is 33.6 Å². The summed E-state index contributed by atoms with van der Waals surface area (Å²) in [5.74, 6) is -0.260. The number of hydrogen-bond acceptors (Lipinski definition) is 5. The van der Waals surface area contributed by atoms with E-state index in [1.165, 1.54) is 6.21 Å². The zero-order chi connectivity index (χ0) is 19.3. The van der Waals surface area contributed by atoms with Crippen molar-refractivity contribution in [3.05, 3.63) is 77.2 Å². The minimum Gasteiger partial charge on any atom is -0.281 e. The van der Waals surface area contributed by atoms with E-state index in [2.05, 4.69) is 10.5 Å². The Morgan fingerprint density at radius 1 is 1.04 bits per heavy atom. The molecule has 0 saturated heterocycles. The van der Waals surface area contributed by atoms with Gasteiger partial charge in [0, 0.05) is 11.1 Å². The largest absolute Gasteiger partial charge is 0.304 e. The molecule has 8 heteroatoms. The Bertz CT molecular complexity index is 1070. The number of hydrogen-bond donors (Lipinski definition) is 2. The molecule has 3 aromatic rings. The molecule has 138 valence electrons. The van der Waals surface area contributed by atoms with Crippen LogP contribution in [0.25, 0.3) is 11.1 Å². The summed E-state index contributed by atoms with van der Waals surface area (Å²) >= 11 is 0.938. The summed E-state index contributed by atoms with van der Waals surface area (Å²) in [4.78, 5) is 12.0. The topological polar surface area (TPSA) is 95.8 Å². The maximum absolute atomic E-state index is 12.0. The molecule has 1 heterocycles. The number of carbonyl (C=O) groups excluding carboxylic acids is 1. The highest BCUT2D eigenvalue weighted by Gasteiger charge is 2.19. The van der Waals surface area contributed by atoms with Crippen LogP contribution < -0.4 is 5.43 Å². The fourth-order valence-electron chi connectivity index (χ4n) is 2.54. The van der Waals surface area contributed by atoms with Gasteiger partial charge in [-0.05, 0) is 22.6 Å². The number of benzene rings is 2. The molecule has 0 spiro atoms. The lowest BCUT2D eigenvalue weighted by atomic mass is 10.0. The highest BCUT2D eigenvalue weighted by atomic mass is 32.3. The van der Waals surface area contributed by atoms with Crippen molar-refractivity contribution in [2.45, 2.75) is 10.6 Å². The summed E-state index contributed by atoms with van der Waals surface area (Å²) in [7, 11) is -4.32. The summed E-state index contributed by atoms with van der Waals surface area (Å²) in [6.45, 7) is 0. The first-order chi connectivity index (χ1) is 12.9. The van der Waals surface area contributed by atoms with Crippen LogP contribution in [0.5, 0.6) is 0 Å². The lowest BCUT2D eigenvalue weighted by Crippen LogP contribution is -2.19. The molecule has 0 atom stereocenters. The zero-order valence-corrected chi connectivity index (χ0v) is 15.7. The molecule has 1 amide bonds. The van der Waals surface area contributed by atoms with Crippen LogP contribution in [0.15, 0.2) is 75.4 Å². The van der Waals surface area contributed by atoms with Crippen molar-refractivity contribution in [2.24, 2.45) is 5.10 Å². The molecule has 0 bridgehead atoms. The van der Waals surface area contributed by atoms with Crippen molar-refractivity contribution < 1.29 is 17.8 Å². The van der Waals surface area contributed by atoms with Gasteiger partial charge in [-0.2, -0.15) is 13.5 Å². The van der Waals surface area contributed by atoms with Crippen LogP contribution >= 0.6 is 11.3 Å². The third kappa shape index (κ3) is 4.88. The van der Waals surface area contributed by atoms with Crippen LogP contribution in [-0.4, -0.2) is 25.1 Å². The van der Waals surface area contributed by atoms with Gasteiger partial charge in [0.05, 0.1) is 12.6 Å². The predicted molar refractivity (Wildman–Crippen MR) is 105 cm³/mol. The molecule has 27 heavy (non-hydrogen) atoms. The SMILES string of the molecule is O=C(Cc1ccccc1)NN=Cc1ccccc1-c1ccsc1S(=O)(=O)O. The molecule has 0 aliphatic rings. The third-order valence-electron chi connectivity index (χ3n) is 3.72. The van der Waals surface area contributed by atoms with Crippen LogP contribution in [0.1, 0.15) is 11.1 Å². The first-order valence-electron chi connectivity index (χ1n) is 7.95. The van der Waals surface area contributed by atoms with E-state index in [4.69, 9.17) is 0 Å². The van der Waals surface area contributed by atoms with Crippen molar-refractivity contribution in [3.63, 3.8) is 0 Å². The summed E-state index contributed by atoms with van der Waals surface area (Å²) in [6, 6.07) is 17.9. The quantitative estimate of drug-likeness (QED) is 0.377. The lowest BCUT2D eigenvalue weighted by Gasteiger charge is -2.06. The van der Waals surface area contributed by atoms with Crippen molar-refractivity contribution in [2.75, 3.05) is 0 Å². The van der Waals surface area contributed by atoms with Gasteiger partial charge in [-0.25, -0.2) is 5.43 Å². The van der Waals surface area contributed by atoms with Gasteiger partial charge in [-0.3, -0.25) is 9.35 Å². The Balaban J connectivity index is 1.78. The highest BCUT2D eigenvalue weighted by Crippen LogP contribution is 2.33. The molecule has 0 aliphatic heterocycles. The number of thiophene rings is 1. The number of nitrogens with zero attached hydrogens (tertiary/aromatic N) is 1. The van der Waals surface area contributed by atoms with Gasteiger partial charge in [-0.15, -0.1) is 11.3 Å². The Hall–Kier alpha value is -2.81. The summed E-state index contributed by atoms with van der Waals surface area (Å²) in [5.41, 5.74) is 4.93. The van der Waals surface area contributed by atoms with E-state index in [-0.39, 0.29) is 16.5 Å². The predicted octanol–water partition coefficient (Wildman–Crippen LogP) is 3.35. The first-order valence-corrected chi connectivity index (χ1v) is 10.3. The Morgan fingerprint density at radius 2 is 1.74 bits per heavy atom. The molecule has 0 fully saturated rings. The van der Waals surface area contributed by atoms with E-state index in [0.717, 1.165) is 16.9 Å². The van der Waals surface area contributed by atoms with Crippen LogP contribution in [-0.2, 0) is 21.3 Å². The van der Waals surface area contributed by atoms with Crippen molar-refractivity contribution in [1.29, 1.82) is 0 Å². The van der Waals surface area contributed by atoms with E-state index in [1.54, 1.807) is 35.7 Å². The second-order valence-electron chi connectivity index (χ2n) is 5.64. The van der Waals surface area contributed by atoms with Crippen LogP contribution in [0.4, 0.5) is 0 Å². The number of carbonyl (C=O) groups is 1. The van der Waals surface area contributed by atoms with Crippen molar-refractivity contribution in [1.82, 2.24) is 5.43 Å². The van der Waals surface area contributed by atoms with Gasteiger partial charge >= 0.3 is 10.1 Å². The highest BCUT2D eigenvalue weighted by molar-refractivity contribution is 7.88. The monoisotopic (exact) mass is 400 g/mol. The minimum atomic E-state index is -4.32. The Labute approximate surface area is 160 Å². The molecule has 1 aromatic heterocycles. The summed E-state index contributed by atoms with van der Waals surface area (Å²) in [5, 5.41) is 5.56. The van der Waals surface area contributed by atoms with E-state index >= 15 is 0 Å². The van der Waals surface area contributed by atoms with Gasteiger partial charge < -0.3 is 0 Å². The fourth-order valence-corrected chi connectivity index (χ4v) is 4.29. The van der Waals surface area contributed by atoms with Gasteiger partial charge in [0.15, 0.2) is 4.21 Å². The van der Waals surface area contributed by atoms with E-state index < -0.39 is 10.1 Å². The van der Waals surface area contributed by atoms with Crippen LogP contribution in [0.2, 0.25) is 0 Å². The van der Waals surface area contributed by atoms with E-state index in [9.17, 15) is 17.8 Å². The van der Waals surface area contributed by atoms with E-state index in [0.29, 0.717) is 16.7 Å². The van der Waals surface area contributed by atoms with Gasteiger partial charge in [0.1, 0.15) is 0 Å². The van der Waals surface area contributed by atoms with E-state index in [1.807, 2.05) is 30.3 Å². The Kier molecular flexibility index (Phi) is 5.80. The third-order valence-corrected chi connectivity index (χ3v) is 6.03. The van der Waals surface area contributed by atoms with Gasteiger partial charge in [0.2, 0.25) is 5.91 Å². The molecule has 6 nitrogen and oxygen atoms in total. The minimum absolute atomic E-state index is 0.128. The number of rotatable bonds is 6. The average molecular weight is 400 g/mol. The second-order valence-corrected chi connectivity index (χ2v) is 8.17. The molecule has 0 radical (unpaired) electrons. The number of amides is 1. The molecular formula is C19H16N2O4S2. The molecule has 2 aromatic carbocycles. The summed E-state index contributed by atoms with van der Waals surface area (Å²) < 4.78 is 32.4. The molecular weight excluding hydrogens is 384 g/mol. The summed E-state index contributed by atoms with van der Waals surface area (Å²) in [6.07, 6.45) is 1.65. The molecule has 3 rings (SSSR count). The zero-order valence-electron chi connectivity index (χ0n) is 14.1. The lowest BCUT2D eigenvalue weighted by molar-refractivity contribution is -0.120. The molecule has 2 N–H and O–H groups in total. The fraction of sp³-hybridized carbons (Fsp3) is 0.0526. The van der Waals surface area contributed by atoms with Crippen LogP contribution in [0.3, 0.4) is 0 Å². The Morgan fingerprint density at radius 3 is 2.48 bits per heavy atom. The molecule has 0 aliphatic carbocycles. The average Bonchev–Trinajstić information content (AvgIpc) is 3.13. The van der Waals surface area contributed by atoms with Crippen molar-refractivity contribution in [3.8, 4) is 11.1 Å². The van der Waals surface area contributed by atoms with Crippen LogP contribution in [0, 0.1) is 0 Å². The number of nitrogens with one attached hydrogen (secondary N) is 1.